The van der Waals surface area contributed by atoms with Crippen molar-refractivity contribution in [2.45, 2.75) is 26.7 Å². The van der Waals surface area contributed by atoms with Gasteiger partial charge in [0, 0.05) is 34.9 Å². The molecule has 0 bridgehead atoms. The first-order chi connectivity index (χ1) is 15.2. The second-order valence-corrected chi connectivity index (χ2v) is 8.96. The van der Waals surface area contributed by atoms with E-state index in [9.17, 15) is 0 Å². The van der Waals surface area contributed by atoms with Gasteiger partial charge in [0.2, 0.25) is 0 Å². The third kappa shape index (κ3) is 3.95. The second kappa shape index (κ2) is 8.55. The Balaban J connectivity index is 1.49. The molecule has 0 spiro atoms. The predicted molar refractivity (Wildman–Crippen MR) is 130 cm³/mol. The van der Waals surface area contributed by atoms with Crippen LogP contribution in [-0.2, 0) is 0 Å². The van der Waals surface area contributed by atoms with E-state index in [-0.39, 0.29) is 0 Å². The van der Waals surface area contributed by atoms with Crippen molar-refractivity contribution in [3.63, 3.8) is 0 Å². The molecule has 0 atom stereocenters. The molecule has 2 aromatic heterocycles. The summed E-state index contributed by atoms with van der Waals surface area (Å²) in [6.45, 7) is 7.11. The summed E-state index contributed by atoms with van der Waals surface area (Å²) in [5.74, 6) is 1.73. The number of hydrogen-bond acceptors (Lipinski definition) is 6. The highest BCUT2D eigenvalue weighted by Crippen LogP contribution is 2.41. The van der Waals surface area contributed by atoms with Crippen molar-refractivity contribution in [1.82, 2.24) is 9.97 Å². The number of ether oxygens (including phenoxy) is 1. The lowest BCUT2D eigenvalue weighted by Crippen LogP contribution is -2.17. The zero-order valence-corrected chi connectivity index (χ0v) is 18.7. The first kappa shape index (κ1) is 19.8. The lowest BCUT2D eigenvalue weighted by molar-refractivity contribution is 0.340. The molecule has 1 aliphatic heterocycles. The van der Waals surface area contributed by atoms with Gasteiger partial charge in [0.1, 0.15) is 22.7 Å². The van der Waals surface area contributed by atoms with Crippen LogP contribution in [-0.4, -0.2) is 29.7 Å². The highest BCUT2D eigenvalue weighted by atomic mass is 32.1. The molecule has 6 heteroatoms. The highest BCUT2D eigenvalue weighted by molar-refractivity contribution is 7.19. The van der Waals surface area contributed by atoms with Crippen molar-refractivity contribution >= 4 is 38.7 Å². The van der Waals surface area contributed by atoms with E-state index in [2.05, 4.69) is 63.5 Å². The van der Waals surface area contributed by atoms with Crippen LogP contribution in [0.5, 0.6) is 5.75 Å². The smallest absolute Gasteiger partial charge is 0.143 e. The van der Waals surface area contributed by atoms with Crippen LogP contribution < -0.4 is 15.0 Å². The molecule has 1 saturated heterocycles. The van der Waals surface area contributed by atoms with Crippen LogP contribution in [0.2, 0.25) is 0 Å². The fourth-order valence-electron chi connectivity index (χ4n) is 4.24. The van der Waals surface area contributed by atoms with Crippen LogP contribution >= 0.6 is 11.3 Å². The van der Waals surface area contributed by atoms with Crippen LogP contribution in [0.15, 0.2) is 54.9 Å². The van der Waals surface area contributed by atoms with Gasteiger partial charge in [-0.05, 0) is 68.7 Å². The predicted octanol–water partition coefficient (Wildman–Crippen LogP) is 6.41. The Morgan fingerprint density at radius 1 is 1.00 bits per heavy atom. The minimum Gasteiger partial charge on any atom is -0.494 e. The zero-order valence-electron chi connectivity index (χ0n) is 17.9. The van der Waals surface area contributed by atoms with E-state index in [1.807, 2.05) is 19.1 Å². The van der Waals surface area contributed by atoms with Crippen LogP contribution in [0.25, 0.3) is 21.3 Å². The molecule has 2 aromatic carbocycles. The Morgan fingerprint density at radius 2 is 1.74 bits per heavy atom. The molecule has 5 rings (SSSR count). The third-order valence-electron chi connectivity index (χ3n) is 5.72. The Hall–Kier alpha value is -3.12. The maximum Gasteiger partial charge on any atom is 0.143 e. The number of nitrogens with zero attached hydrogens (tertiary/aromatic N) is 3. The van der Waals surface area contributed by atoms with Crippen LogP contribution in [0.1, 0.15) is 24.6 Å². The van der Waals surface area contributed by atoms with Crippen molar-refractivity contribution in [2.75, 3.05) is 29.9 Å². The number of anilines is 3. The number of aryl methyl sites for hydroxylation is 1. The van der Waals surface area contributed by atoms with Gasteiger partial charge in [-0.15, -0.1) is 11.3 Å². The normalized spacial score (nSPS) is 13.7. The molecule has 0 saturated carbocycles. The lowest BCUT2D eigenvalue weighted by Gasteiger charge is -2.18. The van der Waals surface area contributed by atoms with Gasteiger partial charge in [0.15, 0.2) is 0 Å². The van der Waals surface area contributed by atoms with E-state index in [0.717, 1.165) is 46.1 Å². The van der Waals surface area contributed by atoms with Crippen molar-refractivity contribution in [3.05, 3.63) is 59.7 Å². The molecule has 0 aliphatic carbocycles. The van der Waals surface area contributed by atoms with E-state index in [1.165, 1.54) is 29.0 Å². The van der Waals surface area contributed by atoms with Crippen molar-refractivity contribution < 1.29 is 4.74 Å². The number of nitrogens with one attached hydrogen (secondary N) is 1. The summed E-state index contributed by atoms with van der Waals surface area (Å²) >= 11 is 1.70. The fraction of sp³-hybridized carbons (Fsp3) is 0.280. The highest BCUT2D eigenvalue weighted by Gasteiger charge is 2.17. The molecule has 1 fully saturated rings. The molecule has 5 nitrogen and oxygen atoms in total. The molecule has 0 unspecified atom stereocenters. The Morgan fingerprint density at radius 3 is 2.45 bits per heavy atom. The van der Waals surface area contributed by atoms with Gasteiger partial charge in [-0.3, -0.25) is 0 Å². The average molecular weight is 431 g/mol. The van der Waals surface area contributed by atoms with Gasteiger partial charge in [-0.1, -0.05) is 12.1 Å². The summed E-state index contributed by atoms with van der Waals surface area (Å²) in [6.07, 6.45) is 4.21. The van der Waals surface area contributed by atoms with Gasteiger partial charge >= 0.3 is 0 Å². The quantitative estimate of drug-likeness (QED) is 0.383. The third-order valence-corrected chi connectivity index (χ3v) is 6.73. The van der Waals surface area contributed by atoms with Crippen molar-refractivity contribution in [1.29, 1.82) is 0 Å². The van der Waals surface area contributed by atoms with Crippen molar-refractivity contribution in [2.24, 2.45) is 0 Å². The van der Waals surface area contributed by atoms with Crippen LogP contribution in [0.3, 0.4) is 0 Å². The number of benzene rings is 2. The number of hydrogen-bond donors (Lipinski definition) is 1. The molecule has 3 heterocycles. The van der Waals surface area contributed by atoms with Gasteiger partial charge in [0.25, 0.3) is 0 Å². The molecular weight excluding hydrogens is 404 g/mol. The number of rotatable bonds is 6. The van der Waals surface area contributed by atoms with E-state index in [4.69, 9.17) is 4.74 Å². The van der Waals surface area contributed by atoms with Gasteiger partial charge in [0.05, 0.1) is 12.0 Å². The zero-order chi connectivity index (χ0) is 21.2. The van der Waals surface area contributed by atoms with Gasteiger partial charge in [-0.2, -0.15) is 0 Å². The first-order valence-electron chi connectivity index (χ1n) is 10.8. The summed E-state index contributed by atoms with van der Waals surface area (Å²) in [4.78, 5) is 13.8. The SMILES string of the molecule is CCOc1ccc(-c2c(C)sc3ncnc(Nc4ccc(N5CCCC5)cc4)c23)cc1. The standard InChI is InChI=1S/C25H26N4OS/c1-3-30-21-12-6-18(7-13-21)22-17(2)31-25-23(22)24(26-16-27-25)28-19-8-10-20(11-9-19)29-14-4-5-15-29/h6-13,16H,3-5,14-15H2,1-2H3,(H,26,27,28). The van der Waals surface area contributed by atoms with Crippen LogP contribution in [0, 0.1) is 6.92 Å². The Bertz CT molecular complexity index is 1180. The summed E-state index contributed by atoms with van der Waals surface area (Å²) in [5, 5.41) is 4.60. The average Bonchev–Trinajstić information content (AvgIpc) is 3.43. The van der Waals surface area contributed by atoms with Crippen molar-refractivity contribution in [3.8, 4) is 16.9 Å². The maximum atomic E-state index is 5.61. The molecule has 31 heavy (non-hydrogen) atoms. The molecule has 0 radical (unpaired) electrons. The Labute approximate surface area is 186 Å². The minimum atomic E-state index is 0.665. The summed E-state index contributed by atoms with van der Waals surface area (Å²) in [7, 11) is 0. The van der Waals surface area contributed by atoms with E-state index in [1.54, 1.807) is 17.7 Å². The fourth-order valence-corrected chi connectivity index (χ4v) is 5.25. The van der Waals surface area contributed by atoms with E-state index >= 15 is 0 Å². The summed E-state index contributed by atoms with van der Waals surface area (Å²) < 4.78 is 5.61. The largest absolute Gasteiger partial charge is 0.494 e. The summed E-state index contributed by atoms with van der Waals surface area (Å²) in [6, 6.07) is 16.9. The maximum absolute atomic E-state index is 5.61. The summed E-state index contributed by atoms with van der Waals surface area (Å²) in [5.41, 5.74) is 4.65. The molecule has 0 amide bonds. The molecule has 1 aliphatic rings. The molecule has 1 N–H and O–H groups in total. The van der Waals surface area contributed by atoms with E-state index in [0.29, 0.717) is 6.61 Å². The number of aromatic nitrogens is 2. The number of fused-ring (bicyclic) bond motifs is 1. The molecular formula is C25H26N4OS. The number of thiophene rings is 1. The van der Waals surface area contributed by atoms with E-state index < -0.39 is 0 Å². The second-order valence-electron chi connectivity index (χ2n) is 7.76. The lowest BCUT2D eigenvalue weighted by atomic mass is 10.0. The minimum absolute atomic E-state index is 0.665. The van der Waals surface area contributed by atoms with Crippen LogP contribution in [0.4, 0.5) is 17.2 Å². The molecule has 158 valence electrons. The first-order valence-corrected chi connectivity index (χ1v) is 11.6. The monoisotopic (exact) mass is 430 g/mol. The van der Waals surface area contributed by atoms with Gasteiger partial charge in [-0.25, -0.2) is 9.97 Å². The Kier molecular flexibility index (Phi) is 5.47. The van der Waals surface area contributed by atoms with Gasteiger partial charge < -0.3 is 15.0 Å². The molecule has 4 aromatic rings. The topological polar surface area (TPSA) is 50.3 Å².